The Balaban J connectivity index is 4.05. The van der Waals surface area contributed by atoms with E-state index in [2.05, 4.69) is 18.7 Å². The molecule has 0 atom stereocenters. The maximum atomic E-state index is 12.4. The zero-order valence-corrected chi connectivity index (χ0v) is 26.3. The van der Waals surface area contributed by atoms with Crippen LogP contribution in [-0.2, 0) is 19.1 Å². The average Bonchev–Trinajstić information content (AvgIpc) is 2.85. The Kier molecular flexibility index (Phi) is 25.4. The molecule has 0 aromatic rings. The highest BCUT2D eigenvalue weighted by molar-refractivity contribution is 5.72. The lowest BCUT2D eigenvalue weighted by Gasteiger charge is -2.25. The summed E-state index contributed by atoms with van der Waals surface area (Å²) < 4.78 is 10.9. The molecule has 0 fully saturated rings. The maximum Gasteiger partial charge on any atom is 0.320 e. The van der Waals surface area contributed by atoms with Gasteiger partial charge in [0, 0.05) is 6.42 Å². The summed E-state index contributed by atoms with van der Waals surface area (Å²) >= 11 is 0. The Morgan fingerprint density at radius 2 is 0.974 bits per heavy atom. The predicted molar refractivity (Wildman–Crippen MR) is 162 cm³/mol. The van der Waals surface area contributed by atoms with E-state index >= 15 is 0 Å². The van der Waals surface area contributed by atoms with E-state index in [0.29, 0.717) is 19.6 Å². The number of unbranched alkanes of at least 4 members (excludes halogenated alkanes) is 17. The maximum absolute atomic E-state index is 12.4. The molecule has 0 heterocycles. The minimum atomic E-state index is -0.449. The standard InChI is InChI=1S/C33H65NO4/c1-6-8-10-12-13-14-15-16-17-18-19-23-27-34(30-32(36)38-33(3,4)5)28-24-21-22-26-31(35)37-29-25-20-11-9-7-2/h6-30H2,1-5H3. The van der Waals surface area contributed by atoms with Crippen molar-refractivity contribution in [1.29, 1.82) is 0 Å². The van der Waals surface area contributed by atoms with Gasteiger partial charge >= 0.3 is 11.9 Å². The summed E-state index contributed by atoms with van der Waals surface area (Å²) in [6, 6.07) is 0. The van der Waals surface area contributed by atoms with Crippen molar-refractivity contribution in [2.45, 2.75) is 175 Å². The van der Waals surface area contributed by atoms with Gasteiger partial charge in [0.05, 0.1) is 13.2 Å². The molecule has 0 rings (SSSR count). The van der Waals surface area contributed by atoms with Crippen LogP contribution in [0.5, 0.6) is 0 Å². The lowest BCUT2D eigenvalue weighted by Crippen LogP contribution is -2.36. The predicted octanol–water partition coefficient (Wildman–Crippen LogP) is 9.41. The van der Waals surface area contributed by atoms with Gasteiger partial charge in [-0.1, -0.05) is 117 Å². The molecule has 0 bridgehead atoms. The molecule has 0 amide bonds. The van der Waals surface area contributed by atoms with E-state index < -0.39 is 5.60 Å². The van der Waals surface area contributed by atoms with Crippen LogP contribution in [0, 0.1) is 0 Å². The van der Waals surface area contributed by atoms with Crippen LogP contribution in [0.25, 0.3) is 0 Å². The molecule has 0 aliphatic carbocycles. The van der Waals surface area contributed by atoms with E-state index in [1.807, 2.05) is 20.8 Å². The molecule has 0 radical (unpaired) electrons. The monoisotopic (exact) mass is 539 g/mol. The Hall–Kier alpha value is -1.10. The minimum absolute atomic E-state index is 0.0670. The first-order chi connectivity index (χ1) is 18.3. The summed E-state index contributed by atoms with van der Waals surface area (Å²) in [4.78, 5) is 26.6. The highest BCUT2D eigenvalue weighted by Crippen LogP contribution is 2.13. The first-order valence-corrected chi connectivity index (χ1v) is 16.4. The Morgan fingerprint density at radius 1 is 0.553 bits per heavy atom. The molecule has 0 N–H and O–H groups in total. The second-order valence-electron chi connectivity index (χ2n) is 12.2. The molecule has 0 aromatic heterocycles. The number of ether oxygens (including phenoxy) is 2. The number of carbonyl (C=O) groups excluding carboxylic acids is 2. The van der Waals surface area contributed by atoms with Crippen LogP contribution in [-0.4, -0.2) is 48.7 Å². The Morgan fingerprint density at radius 3 is 1.45 bits per heavy atom. The van der Waals surface area contributed by atoms with Crippen molar-refractivity contribution >= 4 is 11.9 Å². The highest BCUT2D eigenvalue weighted by Gasteiger charge is 2.19. The second-order valence-corrected chi connectivity index (χ2v) is 12.2. The average molecular weight is 540 g/mol. The molecule has 5 nitrogen and oxygen atoms in total. The fourth-order valence-electron chi connectivity index (χ4n) is 4.75. The third-order valence-corrected chi connectivity index (χ3v) is 6.97. The largest absolute Gasteiger partial charge is 0.466 e. The molecule has 0 spiro atoms. The molecular formula is C33H65NO4. The van der Waals surface area contributed by atoms with Gasteiger partial charge in [0.1, 0.15) is 5.60 Å². The van der Waals surface area contributed by atoms with E-state index in [9.17, 15) is 9.59 Å². The van der Waals surface area contributed by atoms with Gasteiger partial charge in [0.25, 0.3) is 0 Å². The molecule has 0 aromatic carbocycles. The summed E-state index contributed by atoms with van der Waals surface area (Å²) in [7, 11) is 0. The summed E-state index contributed by atoms with van der Waals surface area (Å²) in [5, 5.41) is 0. The highest BCUT2D eigenvalue weighted by atomic mass is 16.6. The Bertz CT molecular complexity index is 544. The van der Waals surface area contributed by atoms with Crippen LogP contribution in [0.2, 0.25) is 0 Å². The zero-order chi connectivity index (χ0) is 28.3. The lowest BCUT2D eigenvalue weighted by molar-refractivity contribution is -0.156. The van der Waals surface area contributed by atoms with Crippen molar-refractivity contribution in [2.75, 3.05) is 26.2 Å². The zero-order valence-electron chi connectivity index (χ0n) is 26.3. The number of nitrogens with zero attached hydrogens (tertiary/aromatic N) is 1. The van der Waals surface area contributed by atoms with Gasteiger partial charge in [-0.3, -0.25) is 14.5 Å². The fourth-order valence-corrected chi connectivity index (χ4v) is 4.75. The van der Waals surface area contributed by atoms with Gasteiger partial charge in [-0.15, -0.1) is 0 Å². The van der Waals surface area contributed by atoms with E-state index in [1.54, 1.807) is 0 Å². The van der Waals surface area contributed by atoms with Gasteiger partial charge in [-0.05, 0) is 59.5 Å². The van der Waals surface area contributed by atoms with Crippen LogP contribution in [0.3, 0.4) is 0 Å². The van der Waals surface area contributed by atoms with E-state index in [4.69, 9.17) is 9.47 Å². The van der Waals surface area contributed by atoms with Crippen molar-refractivity contribution in [3.8, 4) is 0 Å². The van der Waals surface area contributed by atoms with Crippen molar-refractivity contribution < 1.29 is 19.1 Å². The lowest BCUT2D eigenvalue weighted by atomic mass is 10.1. The van der Waals surface area contributed by atoms with Crippen molar-refractivity contribution in [3.63, 3.8) is 0 Å². The number of hydrogen-bond acceptors (Lipinski definition) is 5. The third kappa shape index (κ3) is 27.9. The summed E-state index contributed by atoms with van der Waals surface area (Å²) in [5.74, 6) is -0.207. The number of rotatable bonds is 27. The van der Waals surface area contributed by atoms with Crippen LogP contribution < -0.4 is 0 Å². The number of hydrogen-bond donors (Lipinski definition) is 0. The topological polar surface area (TPSA) is 55.8 Å². The minimum Gasteiger partial charge on any atom is -0.466 e. The molecule has 5 heteroatoms. The molecule has 226 valence electrons. The van der Waals surface area contributed by atoms with Gasteiger partial charge < -0.3 is 9.47 Å². The van der Waals surface area contributed by atoms with E-state index in [-0.39, 0.29) is 11.9 Å². The van der Waals surface area contributed by atoms with Gasteiger partial charge in [0.15, 0.2) is 0 Å². The van der Waals surface area contributed by atoms with Crippen LogP contribution in [0.15, 0.2) is 0 Å². The summed E-state index contributed by atoms with van der Waals surface area (Å²) in [6.45, 7) is 13.0. The quantitative estimate of drug-likeness (QED) is 0.0768. The fraction of sp³-hybridized carbons (Fsp3) is 0.939. The van der Waals surface area contributed by atoms with Crippen molar-refractivity contribution in [3.05, 3.63) is 0 Å². The number of esters is 2. The normalized spacial score (nSPS) is 11.7. The second kappa shape index (κ2) is 26.1. The molecule has 0 saturated carbocycles. The molecule has 0 unspecified atom stereocenters. The van der Waals surface area contributed by atoms with E-state index in [0.717, 1.165) is 51.6 Å². The van der Waals surface area contributed by atoms with Crippen LogP contribution in [0.4, 0.5) is 0 Å². The summed E-state index contributed by atoms with van der Waals surface area (Å²) in [6.07, 6.45) is 25.2. The number of carbonyl (C=O) groups is 2. The molecular weight excluding hydrogens is 474 g/mol. The third-order valence-electron chi connectivity index (χ3n) is 6.97. The van der Waals surface area contributed by atoms with Gasteiger partial charge in [-0.2, -0.15) is 0 Å². The molecule has 0 aliphatic rings. The SMILES string of the molecule is CCCCCCCCCCCCCCN(CCCCCC(=O)OCCCCCCC)CC(=O)OC(C)(C)C. The molecule has 0 saturated heterocycles. The van der Waals surface area contributed by atoms with Gasteiger partial charge in [-0.25, -0.2) is 0 Å². The van der Waals surface area contributed by atoms with E-state index in [1.165, 1.54) is 89.9 Å². The smallest absolute Gasteiger partial charge is 0.320 e. The molecule has 0 aliphatic heterocycles. The molecule has 38 heavy (non-hydrogen) atoms. The Labute approximate surface area is 237 Å². The van der Waals surface area contributed by atoms with Crippen LogP contribution in [0.1, 0.15) is 169 Å². The van der Waals surface area contributed by atoms with Crippen molar-refractivity contribution in [2.24, 2.45) is 0 Å². The van der Waals surface area contributed by atoms with Crippen LogP contribution >= 0.6 is 0 Å². The van der Waals surface area contributed by atoms with Gasteiger partial charge in [0.2, 0.25) is 0 Å². The first kappa shape index (κ1) is 36.9. The van der Waals surface area contributed by atoms with Crippen molar-refractivity contribution in [1.82, 2.24) is 4.90 Å². The first-order valence-electron chi connectivity index (χ1n) is 16.4. The summed E-state index contributed by atoms with van der Waals surface area (Å²) in [5.41, 5.74) is -0.449.